The van der Waals surface area contributed by atoms with Crippen LogP contribution in [0.15, 0.2) is 55.1 Å². The van der Waals surface area contributed by atoms with Crippen LogP contribution in [-0.2, 0) is 6.54 Å². The Balaban J connectivity index is 1.72. The van der Waals surface area contributed by atoms with E-state index < -0.39 is 0 Å². The highest BCUT2D eigenvalue weighted by Crippen LogP contribution is 2.18. The van der Waals surface area contributed by atoms with Crippen LogP contribution in [0.1, 0.15) is 28.4 Å². The molecule has 25 heavy (non-hydrogen) atoms. The van der Waals surface area contributed by atoms with Crippen molar-refractivity contribution in [2.45, 2.75) is 20.4 Å². The molecule has 0 radical (unpaired) electrons. The van der Waals surface area contributed by atoms with Crippen LogP contribution in [0.5, 0.6) is 5.75 Å². The van der Waals surface area contributed by atoms with E-state index in [1.807, 2.05) is 50.2 Å². The lowest BCUT2D eigenvalue weighted by atomic mass is 10.1. The van der Waals surface area contributed by atoms with Gasteiger partial charge in [0, 0.05) is 17.7 Å². The fraction of sp³-hybridized carbons (Fsp3) is 0.211. The molecule has 0 aliphatic rings. The van der Waals surface area contributed by atoms with E-state index in [4.69, 9.17) is 4.74 Å². The van der Waals surface area contributed by atoms with Crippen molar-refractivity contribution >= 4 is 5.91 Å². The second kappa shape index (κ2) is 7.61. The van der Waals surface area contributed by atoms with Crippen LogP contribution >= 0.6 is 0 Å². The molecule has 128 valence electrons. The molecule has 6 nitrogen and oxygen atoms in total. The Bertz CT molecular complexity index is 860. The number of aromatic nitrogens is 3. The van der Waals surface area contributed by atoms with E-state index in [1.54, 1.807) is 17.1 Å². The average molecular weight is 336 g/mol. The number of hydrogen-bond donors (Lipinski definition) is 1. The predicted molar refractivity (Wildman–Crippen MR) is 94.9 cm³/mol. The molecule has 0 fully saturated rings. The Morgan fingerprint density at radius 1 is 1.24 bits per heavy atom. The third-order valence-corrected chi connectivity index (χ3v) is 3.85. The summed E-state index contributed by atoms with van der Waals surface area (Å²) in [6, 6.07) is 13.3. The minimum absolute atomic E-state index is 0.117. The van der Waals surface area contributed by atoms with Gasteiger partial charge in [-0.2, -0.15) is 5.10 Å². The minimum atomic E-state index is -0.117. The molecule has 6 heteroatoms. The van der Waals surface area contributed by atoms with E-state index in [1.165, 1.54) is 6.33 Å². The molecule has 0 unspecified atom stereocenters. The molecular formula is C19H20N4O2. The Labute approximate surface area is 146 Å². The van der Waals surface area contributed by atoms with Crippen molar-refractivity contribution in [3.8, 4) is 11.4 Å². The maximum atomic E-state index is 12.5. The van der Waals surface area contributed by atoms with Gasteiger partial charge in [0.1, 0.15) is 18.4 Å². The normalized spacial score (nSPS) is 10.5. The molecule has 0 aliphatic carbocycles. The highest BCUT2D eigenvalue weighted by atomic mass is 16.5. The van der Waals surface area contributed by atoms with Crippen molar-refractivity contribution < 1.29 is 9.53 Å². The van der Waals surface area contributed by atoms with E-state index in [0.29, 0.717) is 18.7 Å². The fourth-order valence-corrected chi connectivity index (χ4v) is 2.60. The largest absolute Gasteiger partial charge is 0.494 e. The van der Waals surface area contributed by atoms with E-state index >= 15 is 0 Å². The highest BCUT2D eigenvalue weighted by molar-refractivity contribution is 5.95. The number of amides is 1. The third-order valence-electron chi connectivity index (χ3n) is 3.85. The molecule has 2 aromatic carbocycles. The van der Waals surface area contributed by atoms with Crippen molar-refractivity contribution in [3.05, 3.63) is 71.8 Å². The first-order valence-electron chi connectivity index (χ1n) is 8.13. The molecule has 0 saturated heterocycles. The summed E-state index contributed by atoms with van der Waals surface area (Å²) in [5, 5.41) is 7.05. The summed E-state index contributed by atoms with van der Waals surface area (Å²) in [4.78, 5) is 16.5. The molecule has 0 spiro atoms. The zero-order valence-electron chi connectivity index (χ0n) is 14.3. The summed E-state index contributed by atoms with van der Waals surface area (Å²) < 4.78 is 7.25. The summed E-state index contributed by atoms with van der Waals surface area (Å²) in [5.41, 5.74) is 3.34. The van der Waals surface area contributed by atoms with Gasteiger partial charge in [0.2, 0.25) is 0 Å². The van der Waals surface area contributed by atoms with Crippen molar-refractivity contribution in [2.75, 3.05) is 6.61 Å². The van der Waals surface area contributed by atoms with Crippen LogP contribution < -0.4 is 10.1 Å². The first-order valence-corrected chi connectivity index (χ1v) is 8.13. The number of benzene rings is 2. The number of rotatable bonds is 6. The Kier molecular flexibility index (Phi) is 5.09. The molecule has 1 amide bonds. The van der Waals surface area contributed by atoms with Crippen molar-refractivity contribution in [1.29, 1.82) is 0 Å². The number of carbonyl (C=O) groups is 1. The second-order valence-corrected chi connectivity index (χ2v) is 5.56. The zero-order valence-corrected chi connectivity index (χ0v) is 14.3. The zero-order chi connectivity index (χ0) is 17.6. The highest BCUT2D eigenvalue weighted by Gasteiger charge is 2.11. The van der Waals surface area contributed by atoms with Crippen molar-refractivity contribution in [2.24, 2.45) is 0 Å². The van der Waals surface area contributed by atoms with Crippen molar-refractivity contribution in [1.82, 2.24) is 20.1 Å². The molecule has 1 aromatic heterocycles. The van der Waals surface area contributed by atoms with Gasteiger partial charge in [0.15, 0.2) is 0 Å². The summed E-state index contributed by atoms with van der Waals surface area (Å²) in [5.74, 6) is 0.678. The van der Waals surface area contributed by atoms with E-state index in [2.05, 4.69) is 15.4 Å². The van der Waals surface area contributed by atoms with Gasteiger partial charge in [-0.15, -0.1) is 0 Å². The summed E-state index contributed by atoms with van der Waals surface area (Å²) in [6.07, 6.45) is 3.10. The smallest absolute Gasteiger partial charge is 0.251 e. The first kappa shape index (κ1) is 16.7. The molecule has 0 aliphatic heterocycles. The maximum Gasteiger partial charge on any atom is 0.251 e. The predicted octanol–water partition coefficient (Wildman–Crippen LogP) is 2.90. The van der Waals surface area contributed by atoms with Gasteiger partial charge >= 0.3 is 0 Å². The van der Waals surface area contributed by atoms with Gasteiger partial charge in [0.05, 0.1) is 12.3 Å². The van der Waals surface area contributed by atoms with E-state index in [-0.39, 0.29) is 5.91 Å². The van der Waals surface area contributed by atoms with E-state index in [9.17, 15) is 4.79 Å². The number of para-hydroxylation sites is 1. The molecule has 3 aromatic rings. The molecule has 1 N–H and O–H groups in total. The fourth-order valence-electron chi connectivity index (χ4n) is 2.60. The second-order valence-electron chi connectivity index (χ2n) is 5.56. The number of ether oxygens (including phenoxy) is 1. The monoisotopic (exact) mass is 336 g/mol. The number of carbonyl (C=O) groups excluding carboxylic acids is 1. The number of nitrogens with zero attached hydrogens (tertiary/aromatic N) is 3. The molecule has 0 bridgehead atoms. The van der Waals surface area contributed by atoms with Crippen LogP contribution in [0, 0.1) is 6.92 Å². The van der Waals surface area contributed by atoms with Gasteiger partial charge in [-0.3, -0.25) is 4.79 Å². The van der Waals surface area contributed by atoms with Crippen LogP contribution in [0.25, 0.3) is 5.69 Å². The summed E-state index contributed by atoms with van der Waals surface area (Å²) >= 11 is 0. The molecule has 1 heterocycles. The lowest BCUT2D eigenvalue weighted by Gasteiger charge is -2.12. The quantitative estimate of drug-likeness (QED) is 0.751. The van der Waals surface area contributed by atoms with Crippen LogP contribution in [0.4, 0.5) is 0 Å². The molecule has 0 saturated carbocycles. The average Bonchev–Trinajstić information content (AvgIpc) is 3.15. The maximum absolute atomic E-state index is 12.5. The minimum Gasteiger partial charge on any atom is -0.494 e. The van der Waals surface area contributed by atoms with E-state index in [0.717, 1.165) is 22.6 Å². The molecular weight excluding hydrogens is 316 g/mol. The van der Waals surface area contributed by atoms with Crippen LogP contribution in [0.2, 0.25) is 0 Å². The van der Waals surface area contributed by atoms with Gasteiger partial charge in [-0.25, -0.2) is 9.67 Å². The lowest BCUT2D eigenvalue weighted by Crippen LogP contribution is -2.24. The number of hydrogen-bond acceptors (Lipinski definition) is 4. The third kappa shape index (κ3) is 3.85. The molecule has 0 atom stereocenters. The SMILES string of the molecule is CCOc1ccccc1CNC(=O)c1ccc(-n2cncn2)cc1C. The Morgan fingerprint density at radius 3 is 2.80 bits per heavy atom. The number of aryl methyl sites for hydroxylation is 1. The van der Waals surface area contributed by atoms with Gasteiger partial charge < -0.3 is 10.1 Å². The topological polar surface area (TPSA) is 69.0 Å². The molecule has 3 rings (SSSR count). The Hall–Kier alpha value is -3.15. The first-order chi connectivity index (χ1) is 12.2. The van der Waals surface area contributed by atoms with Crippen LogP contribution in [-0.4, -0.2) is 27.3 Å². The summed E-state index contributed by atoms with van der Waals surface area (Å²) in [7, 11) is 0. The van der Waals surface area contributed by atoms with Gasteiger partial charge in [-0.1, -0.05) is 18.2 Å². The standard InChI is InChI=1S/C19H20N4O2/c1-3-25-18-7-5-4-6-15(18)11-21-19(24)17-9-8-16(10-14(17)2)23-13-20-12-22-23/h4-10,12-13H,3,11H2,1-2H3,(H,21,24). The number of nitrogens with one attached hydrogen (secondary N) is 1. The van der Waals surface area contributed by atoms with Crippen molar-refractivity contribution in [3.63, 3.8) is 0 Å². The van der Waals surface area contributed by atoms with Gasteiger partial charge in [0.25, 0.3) is 5.91 Å². The Morgan fingerprint density at radius 2 is 2.08 bits per heavy atom. The summed E-state index contributed by atoms with van der Waals surface area (Å²) in [6.45, 7) is 4.85. The van der Waals surface area contributed by atoms with Crippen LogP contribution in [0.3, 0.4) is 0 Å². The lowest BCUT2D eigenvalue weighted by molar-refractivity contribution is 0.0950. The van der Waals surface area contributed by atoms with Gasteiger partial charge in [-0.05, 0) is 43.7 Å².